The van der Waals surface area contributed by atoms with Gasteiger partial charge in [-0.05, 0) is 48.5 Å². The number of carbonyl (C=O) groups excluding carboxylic acids is 2. The van der Waals surface area contributed by atoms with Crippen molar-refractivity contribution in [1.29, 1.82) is 0 Å². The molecule has 0 unspecified atom stereocenters. The number of hydrogen-bond donors (Lipinski definition) is 3. The molecule has 3 N–H and O–H groups in total. The van der Waals surface area contributed by atoms with E-state index in [2.05, 4.69) is 20.3 Å². The number of pyridine rings is 1. The molecule has 0 fully saturated rings. The molecular formula is C20H16Cl2N4O4S. The highest BCUT2D eigenvalue weighted by molar-refractivity contribution is 7.92. The number of nitrogens with one attached hydrogen (secondary N) is 3. The van der Waals surface area contributed by atoms with Crippen molar-refractivity contribution in [3.8, 4) is 0 Å². The maximum Gasteiger partial charge on any atom is 0.263 e. The van der Waals surface area contributed by atoms with Crippen LogP contribution in [0.15, 0.2) is 71.9 Å². The molecule has 1 heterocycles. The monoisotopic (exact) mass is 478 g/mol. The van der Waals surface area contributed by atoms with Crippen LogP contribution in [0.2, 0.25) is 10.0 Å². The number of carbonyl (C=O) groups is 2. The van der Waals surface area contributed by atoms with Crippen molar-refractivity contribution in [2.75, 3.05) is 16.6 Å². The van der Waals surface area contributed by atoms with Crippen molar-refractivity contribution < 1.29 is 18.0 Å². The van der Waals surface area contributed by atoms with Gasteiger partial charge in [-0.2, -0.15) is 0 Å². The van der Waals surface area contributed by atoms with E-state index in [0.717, 1.165) is 0 Å². The largest absolute Gasteiger partial charge is 0.343 e. The van der Waals surface area contributed by atoms with Crippen LogP contribution in [0.4, 0.5) is 11.4 Å². The Morgan fingerprint density at radius 3 is 2.48 bits per heavy atom. The number of nitrogens with zero attached hydrogens (tertiary/aromatic N) is 1. The van der Waals surface area contributed by atoms with E-state index in [1.54, 1.807) is 18.3 Å². The number of anilines is 2. The smallest absolute Gasteiger partial charge is 0.263 e. The van der Waals surface area contributed by atoms with E-state index >= 15 is 0 Å². The van der Waals surface area contributed by atoms with Gasteiger partial charge in [0.05, 0.1) is 23.5 Å². The van der Waals surface area contributed by atoms with E-state index in [9.17, 15) is 18.0 Å². The highest BCUT2D eigenvalue weighted by Crippen LogP contribution is 2.27. The second-order valence-electron chi connectivity index (χ2n) is 6.23. The van der Waals surface area contributed by atoms with Gasteiger partial charge in [-0.3, -0.25) is 19.3 Å². The van der Waals surface area contributed by atoms with E-state index in [1.807, 2.05) is 0 Å². The molecule has 31 heavy (non-hydrogen) atoms. The molecule has 3 aromatic rings. The molecule has 3 rings (SSSR count). The van der Waals surface area contributed by atoms with Crippen LogP contribution in [0.3, 0.4) is 0 Å². The molecule has 0 aliphatic heterocycles. The van der Waals surface area contributed by atoms with Crippen molar-refractivity contribution in [2.45, 2.75) is 4.90 Å². The minimum absolute atomic E-state index is 0.00502. The highest BCUT2D eigenvalue weighted by Gasteiger charge is 2.19. The molecular weight excluding hydrogens is 463 g/mol. The molecule has 0 radical (unpaired) electrons. The lowest BCUT2D eigenvalue weighted by molar-refractivity contribution is -0.115. The van der Waals surface area contributed by atoms with Crippen LogP contribution >= 0.6 is 23.2 Å². The van der Waals surface area contributed by atoms with Gasteiger partial charge in [0.1, 0.15) is 4.90 Å². The number of sulfonamides is 1. The van der Waals surface area contributed by atoms with Crippen molar-refractivity contribution in [2.24, 2.45) is 0 Å². The number of benzene rings is 2. The van der Waals surface area contributed by atoms with E-state index in [0.29, 0.717) is 5.69 Å². The summed E-state index contributed by atoms with van der Waals surface area (Å²) in [4.78, 5) is 28.0. The minimum atomic E-state index is -4.04. The molecule has 2 amide bonds. The summed E-state index contributed by atoms with van der Waals surface area (Å²) in [5.41, 5.74) is 0.799. The lowest BCUT2D eigenvalue weighted by Crippen LogP contribution is -2.32. The molecule has 0 aliphatic rings. The van der Waals surface area contributed by atoms with Gasteiger partial charge >= 0.3 is 0 Å². The number of rotatable bonds is 7. The van der Waals surface area contributed by atoms with Gasteiger partial charge in [-0.15, -0.1) is 0 Å². The molecule has 0 bridgehead atoms. The number of halogens is 2. The minimum Gasteiger partial charge on any atom is -0.343 e. The molecule has 0 atom stereocenters. The molecule has 0 saturated carbocycles. The maximum absolute atomic E-state index is 12.6. The third-order valence-electron chi connectivity index (χ3n) is 3.91. The topological polar surface area (TPSA) is 117 Å². The fourth-order valence-corrected chi connectivity index (χ4v) is 4.33. The highest BCUT2D eigenvalue weighted by atomic mass is 35.5. The van der Waals surface area contributed by atoms with Gasteiger partial charge in [-0.25, -0.2) is 8.42 Å². The average Bonchev–Trinajstić information content (AvgIpc) is 2.74. The third kappa shape index (κ3) is 6.17. The van der Waals surface area contributed by atoms with Gasteiger partial charge in [0.2, 0.25) is 5.91 Å². The summed E-state index contributed by atoms with van der Waals surface area (Å²) in [6.45, 7) is -0.276. The van der Waals surface area contributed by atoms with E-state index in [4.69, 9.17) is 23.2 Å². The first-order chi connectivity index (χ1) is 14.7. The Bertz CT molecular complexity index is 1220. The first-order valence-electron chi connectivity index (χ1n) is 8.80. The molecule has 0 saturated heterocycles. The zero-order valence-electron chi connectivity index (χ0n) is 15.8. The summed E-state index contributed by atoms with van der Waals surface area (Å²) in [5, 5.41) is 5.27. The summed E-state index contributed by atoms with van der Waals surface area (Å²) < 4.78 is 27.6. The summed E-state index contributed by atoms with van der Waals surface area (Å²) >= 11 is 11.8. The Labute approximate surface area is 188 Å². The van der Waals surface area contributed by atoms with Crippen LogP contribution in [-0.2, 0) is 14.8 Å². The van der Waals surface area contributed by atoms with Gasteiger partial charge < -0.3 is 10.6 Å². The lowest BCUT2D eigenvalue weighted by atomic mass is 10.2. The number of amides is 2. The summed E-state index contributed by atoms with van der Waals surface area (Å²) in [5.74, 6) is -0.989. The molecule has 8 nitrogen and oxygen atoms in total. The van der Waals surface area contributed by atoms with E-state index in [1.165, 1.54) is 48.7 Å². The first kappa shape index (κ1) is 22.5. The predicted molar refractivity (Wildman–Crippen MR) is 119 cm³/mol. The molecule has 0 spiro atoms. The predicted octanol–water partition coefficient (Wildman–Crippen LogP) is 3.56. The first-order valence-corrected chi connectivity index (χ1v) is 11.0. The Kier molecular flexibility index (Phi) is 7.11. The second-order valence-corrected chi connectivity index (χ2v) is 8.73. The van der Waals surface area contributed by atoms with Crippen molar-refractivity contribution in [1.82, 2.24) is 10.3 Å². The van der Waals surface area contributed by atoms with Crippen LogP contribution in [0.1, 0.15) is 10.4 Å². The van der Waals surface area contributed by atoms with Crippen molar-refractivity contribution >= 4 is 56.4 Å². The van der Waals surface area contributed by atoms with Crippen LogP contribution in [0.25, 0.3) is 0 Å². The SMILES string of the molecule is O=C(CNC(=O)c1cccc(NS(=O)(=O)c2cc(Cl)ccc2Cl)c1)Nc1cccnc1. The molecule has 11 heteroatoms. The fourth-order valence-electron chi connectivity index (χ4n) is 2.52. The number of hydrogen-bond acceptors (Lipinski definition) is 5. The Hall–Kier alpha value is -3.14. The third-order valence-corrected chi connectivity index (χ3v) is 6.01. The zero-order chi connectivity index (χ0) is 22.4. The van der Waals surface area contributed by atoms with Crippen LogP contribution in [-0.4, -0.2) is 31.8 Å². The Balaban J connectivity index is 1.66. The van der Waals surface area contributed by atoms with Gasteiger partial charge in [0, 0.05) is 22.5 Å². The second kappa shape index (κ2) is 9.78. The molecule has 0 aliphatic carbocycles. The standard InChI is InChI=1S/C20H16Cl2N4O4S/c21-14-6-7-17(22)18(10-14)31(29,30)26-15-4-1-3-13(9-15)20(28)24-12-19(27)25-16-5-2-8-23-11-16/h1-11,26H,12H2,(H,24,28)(H,25,27). The summed E-state index contributed by atoms with van der Waals surface area (Å²) in [6, 6.07) is 13.2. The van der Waals surface area contributed by atoms with Gasteiger partial charge in [0.25, 0.3) is 15.9 Å². The summed E-state index contributed by atoms with van der Waals surface area (Å²) in [7, 11) is -4.04. The van der Waals surface area contributed by atoms with Crippen LogP contribution in [0, 0.1) is 0 Å². The quantitative estimate of drug-likeness (QED) is 0.479. The fraction of sp³-hybridized carbons (Fsp3) is 0.0500. The van der Waals surface area contributed by atoms with Crippen LogP contribution in [0.5, 0.6) is 0 Å². The van der Waals surface area contributed by atoms with E-state index in [-0.39, 0.29) is 32.7 Å². The Morgan fingerprint density at radius 1 is 0.968 bits per heavy atom. The zero-order valence-corrected chi connectivity index (χ0v) is 18.1. The summed E-state index contributed by atoms with van der Waals surface area (Å²) in [6.07, 6.45) is 3.04. The molecule has 1 aromatic heterocycles. The number of aromatic nitrogens is 1. The van der Waals surface area contributed by atoms with Gasteiger partial charge in [0.15, 0.2) is 0 Å². The Morgan fingerprint density at radius 2 is 1.74 bits per heavy atom. The normalized spacial score (nSPS) is 10.9. The molecule has 2 aromatic carbocycles. The average molecular weight is 479 g/mol. The maximum atomic E-state index is 12.6. The molecule has 160 valence electrons. The van der Waals surface area contributed by atoms with Crippen molar-refractivity contribution in [3.05, 3.63) is 82.6 Å². The van der Waals surface area contributed by atoms with Crippen molar-refractivity contribution in [3.63, 3.8) is 0 Å². The van der Waals surface area contributed by atoms with E-state index < -0.39 is 21.8 Å². The lowest BCUT2D eigenvalue weighted by Gasteiger charge is -2.11. The van der Waals surface area contributed by atoms with Gasteiger partial charge in [-0.1, -0.05) is 29.3 Å². The van der Waals surface area contributed by atoms with Crippen LogP contribution < -0.4 is 15.4 Å².